The van der Waals surface area contributed by atoms with E-state index in [2.05, 4.69) is 12.6 Å². The molecule has 1 heterocycles. The fourth-order valence-electron chi connectivity index (χ4n) is 1.06. The Kier molecular flexibility index (Phi) is 4.07. The Labute approximate surface area is 88.4 Å². The summed E-state index contributed by atoms with van der Waals surface area (Å²) in [7, 11) is 0. The molecule has 1 unspecified atom stereocenters. The molecule has 0 bridgehead atoms. The van der Waals surface area contributed by atoms with Crippen LogP contribution in [0.4, 0.5) is 4.39 Å². The molecule has 1 aliphatic rings. The summed E-state index contributed by atoms with van der Waals surface area (Å²) in [5, 5.41) is 0. The molecule has 0 spiro atoms. The number of ether oxygens (including phenoxy) is 2. The molecule has 0 saturated carbocycles. The average molecular weight is 216 g/mol. The van der Waals surface area contributed by atoms with E-state index in [1.165, 1.54) is 6.07 Å². The lowest BCUT2D eigenvalue weighted by Crippen LogP contribution is -2.24. The van der Waals surface area contributed by atoms with Gasteiger partial charge < -0.3 is 9.47 Å². The van der Waals surface area contributed by atoms with Crippen molar-refractivity contribution >= 4 is 12.6 Å². The number of rotatable bonds is 0. The molecule has 0 aromatic heterocycles. The summed E-state index contributed by atoms with van der Waals surface area (Å²) in [6, 6.07) is 4.56. The van der Waals surface area contributed by atoms with Gasteiger partial charge in [-0.25, -0.2) is 4.39 Å². The van der Waals surface area contributed by atoms with Crippen LogP contribution in [0, 0.1) is 5.82 Å². The van der Waals surface area contributed by atoms with Crippen LogP contribution in [0.5, 0.6) is 11.5 Å². The van der Waals surface area contributed by atoms with E-state index in [0.717, 1.165) is 0 Å². The van der Waals surface area contributed by atoms with Gasteiger partial charge >= 0.3 is 0 Å². The summed E-state index contributed by atoms with van der Waals surface area (Å²) in [5.41, 5.74) is -0.306. The summed E-state index contributed by atoms with van der Waals surface area (Å²) in [6.07, 6.45) is 0. The van der Waals surface area contributed by atoms with Crippen molar-refractivity contribution in [2.45, 2.75) is 19.3 Å². The largest absolute Gasteiger partial charge is 0.482 e. The van der Waals surface area contributed by atoms with Crippen LogP contribution in [0.1, 0.15) is 13.8 Å². The third kappa shape index (κ3) is 2.32. The first-order valence-electron chi connectivity index (χ1n) is 4.53. The fourth-order valence-corrected chi connectivity index (χ4v) is 1.25. The highest BCUT2D eigenvalue weighted by molar-refractivity contribution is 7.80. The second-order valence-electron chi connectivity index (χ2n) is 2.45. The molecule has 0 fully saturated rings. The molecular weight excluding hydrogens is 203 g/mol. The van der Waals surface area contributed by atoms with Crippen LogP contribution in [-0.2, 0) is 0 Å². The number of thiol groups is 1. The number of hydrogen-bond donors (Lipinski definition) is 1. The van der Waals surface area contributed by atoms with Crippen LogP contribution in [0.3, 0.4) is 0 Å². The van der Waals surface area contributed by atoms with Crippen molar-refractivity contribution < 1.29 is 13.9 Å². The van der Waals surface area contributed by atoms with Crippen LogP contribution in [-0.4, -0.2) is 12.0 Å². The fraction of sp³-hybridized carbons (Fsp3) is 0.400. The topological polar surface area (TPSA) is 18.5 Å². The van der Waals surface area contributed by atoms with E-state index in [9.17, 15) is 4.39 Å². The number of para-hydroxylation sites is 1. The van der Waals surface area contributed by atoms with Crippen LogP contribution >= 0.6 is 12.6 Å². The van der Waals surface area contributed by atoms with E-state index in [0.29, 0.717) is 5.75 Å². The van der Waals surface area contributed by atoms with E-state index < -0.39 is 5.82 Å². The Bertz CT molecular complexity index is 304. The molecule has 2 rings (SSSR count). The number of benzene rings is 1. The normalized spacial score (nSPS) is 18.1. The lowest BCUT2D eigenvalue weighted by Gasteiger charge is -2.23. The second kappa shape index (κ2) is 5.10. The molecule has 1 aliphatic heterocycles. The minimum absolute atomic E-state index is 0.183. The van der Waals surface area contributed by atoms with E-state index >= 15 is 0 Å². The molecule has 1 aromatic carbocycles. The van der Waals surface area contributed by atoms with Crippen LogP contribution in [0.2, 0.25) is 0 Å². The van der Waals surface area contributed by atoms with E-state index in [4.69, 9.17) is 9.47 Å². The first kappa shape index (κ1) is 11.2. The van der Waals surface area contributed by atoms with Crippen molar-refractivity contribution in [1.82, 2.24) is 0 Å². The molecule has 4 heteroatoms. The van der Waals surface area contributed by atoms with E-state index in [1.54, 1.807) is 12.1 Å². The summed E-state index contributed by atoms with van der Waals surface area (Å²) in [5.74, 6) is 0.205. The van der Waals surface area contributed by atoms with Gasteiger partial charge in [0, 0.05) is 0 Å². The first-order chi connectivity index (χ1) is 6.77. The van der Waals surface area contributed by atoms with Gasteiger partial charge in [-0.3, -0.25) is 0 Å². The number of hydrogen-bond acceptors (Lipinski definition) is 3. The van der Waals surface area contributed by atoms with E-state index in [1.807, 2.05) is 13.8 Å². The monoisotopic (exact) mass is 216 g/mol. The van der Waals surface area contributed by atoms with Crippen molar-refractivity contribution in [3.8, 4) is 11.5 Å². The Morgan fingerprint density at radius 3 is 2.86 bits per heavy atom. The zero-order valence-electron chi connectivity index (χ0n) is 8.16. The lowest BCUT2D eigenvalue weighted by atomic mass is 10.3. The van der Waals surface area contributed by atoms with Crippen molar-refractivity contribution in [2.75, 3.05) is 6.61 Å². The highest BCUT2D eigenvalue weighted by atomic mass is 32.1. The van der Waals surface area contributed by atoms with Gasteiger partial charge in [0.1, 0.15) is 6.61 Å². The van der Waals surface area contributed by atoms with Gasteiger partial charge in [0.05, 0.1) is 0 Å². The third-order valence-electron chi connectivity index (χ3n) is 1.56. The number of halogens is 1. The average Bonchev–Trinajstić information content (AvgIpc) is 2.21. The molecule has 0 radical (unpaired) electrons. The summed E-state index contributed by atoms with van der Waals surface area (Å²) >= 11 is 4.05. The van der Waals surface area contributed by atoms with Gasteiger partial charge in [0.25, 0.3) is 0 Å². The predicted octanol–water partition coefficient (Wildman–Crippen LogP) is 2.88. The Hall–Kier alpha value is -0.900. The molecule has 2 nitrogen and oxygen atoms in total. The SMILES string of the molecule is CC.Fc1cccc2c1OCC(S)O2. The van der Waals surface area contributed by atoms with Crippen LogP contribution in [0.15, 0.2) is 18.2 Å². The van der Waals surface area contributed by atoms with Gasteiger partial charge in [0.15, 0.2) is 22.8 Å². The first-order valence-corrected chi connectivity index (χ1v) is 5.05. The smallest absolute Gasteiger partial charge is 0.197 e. The Morgan fingerprint density at radius 2 is 2.14 bits per heavy atom. The maximum atomic E-state index is 13.0. The molecule has 1 atom stereocenters. The highest BCUT2D eigenvalue weighted by Gasteiger charge is 2.20. The van der Waals surface area contributed by atoms with Gasteiger partial charge in [-0.1, -0.05) is 19.9 Å². The molecular formula is C10H13FO2S. The van der Waals surface area contributed by atoms with Crippen LogP contribution < -0.4 is 9.47 Å². The minimum atomic E-state index is -0.396. The van der Waals surface area contributed by atoms with Crippen molar-refractivity contribution in [2.24, 2.45) is 0 Å². The predicted molar refractivity (Wildman–Crippen MR) is 56.6 cm³/mol. The van der Waals surface area contributed by atoms with Crippen molar-refractivity contribution in [3.05, 3.63) is 24.0 Å². The van der Waals surface area contributed by atoms with Gasteiger partial charge in [-0.15, -0.1) is 12.6 Å². The Balaban J connectivity index is 0.000000461. The van der Waals surface area contributed by atoms with Crippen molar-refractivity contribution in [3.63, 3.8) is 0 Å². The molecule has 0 aliphatic carbocycles. The van der Waals surface area contributed by atoms with Crippen LogP contribution in [0.25, 0.3) is 0 Å². The summed E-state index contributed by atoms with van der Waals surface area (Å²) < 4.78 is 23.3. The lowest BCUT2D eigenvalue weighted by molar-refractivity contribution is 0.144. The molecule has 0 amide bonds. The molecule has 0 N–H and O–H groups in total. The quantitative estimate of drug-likeness (QED) is 0.672. The second-order valence-corrected chi connectivity index (χ2v) is 3.03. The zero-order valence-corrected chi connectivity index (χ0v) is 9.05. The minimum Gasteiger partial charge on any atom is -0.482 e. The molecule has 78 valence electrons. The van der Waals surface area contributed by atoms with Gasteiger partial charge in [0.2, 0.25) is 0 Å². The van der Waals surface area contributed by atoms with Gasteiger partial charge in [-0.05, 0) is 12.1 Å². The standard InChI is InChI=1S/C8H7FO2S.C2H6/c9-5-2-1-3-6-8(5)10-4-7(12)11-6;1-2/h1-3,7,12H,4H2;1-2H3. The third-order valence-corrected chi connectivity index (χ3v) is 1.82. The van der Waals surface area contributed by atoms with Gasteiger partial charge in [-0.2, -0.15) is 0 Å². The maximum Gasteiger partial charge on any atom is 0.197 e. The van der Waals surface area contributed by atoms with Crippen molar-refractivity contribution in [1.29, 1.82) is 0 Å². The zero-order chi connectivity index (χ0) is 10.6. The summed E-state index contributed by atoms with van der Waals surface area (Å²) in [4.78, 5) is 0. The molecule has 14 heavy (non-hydrogen) atoms. The number of fused-ring (bicyclic) bond motifs is 1. The Morgan fingerprint density at radius 1 is 1.43 bits per heavy atom. The van der Waals surface area contributed by atoms with E-state index in [-0.39, 0.29) is 17.8 Å². The molecule has 0 saturated heterocycles. The highest BCUT2D eigenvalue weighted by Crippen LogP contribution is 2.34. The molecule has 1 aromatic rings. The summed E-state index contributed by atoms with van der Waals surface area (Å²) in [6.45, 7) is 4.27. The maximum absolute atomic E-state index is 13.0.